The molecule has 2 N–H and O–H groups in total. The lowest BCUT2D eigenvalue weighted by atomic mass is 10.0. The molecule has 15 nitrogen and oxygen atoms in total. The Kier molecular flexibility index (Phi) is 9.32. The van der Waals surface area contributed by atoms with Crippen LogP contribution >= 0.6 is 11.6 Å². The highest BCUT2D eigenvalue weighted by molar-refractivity contribution is 7.89. The maximum atomic E-state index is 16.8. The van der Waals surface area contributed by atoms with Crippen molar-refractivity contribution >= 4 is 66.8 Å². The molecule has 2 fully saturated rings. The van der Waals surface area contributed by atoms with Gasteiger partial charge in [-0.05, 0) is 48.6 Å². The smallest absolute Gasteiger partial charge is 0.407 e. The fourth-order valence-corrected chi connectivity index (χ4v) is 8.96. The Morgan fingerprint density at radius 1 is 0.914 bits per heavy atom. The molecule has 0 aliphatic carbocycles. The maximum absolute atomic E-state index is 16.8. The number of anilines is 2. The van der Waals surface area contributed by atoms with Crippen LogP contribution in [-0.2, 0) is 14.8 Å². The molecule has 3 aromatic heterocycles. The van der Waals surface area contributed by atoms with Crippen LogP contribution in [0.2, 0.25) is 5.02 Å². The van der Waals surface area contributed by atoms with Gasteiger partial charge in [-0.25, -0.2) is 14.2 Å². The molecule has 7 aromatic rings. The maximum Gasteiger partial charge on any atom is 0.407 e. The van der Waals surface area contributed by atoms with Crippen LogP contribution < -0.4 is 15.0 Å². The SMILES string of the molecule is O=C(COc1nc(N2C[C@H]3CC[C@@H](C2)N3C(=O)O)c2cnc(-c3cccc4cccc(Cl)c34)c(F)c2n1)Nc1ccc(S(=O)(=O)n2cnc(-c3ccccc3)n2)cc1. The first kappa shape index (κ1) is 36.9. The first-order valence-corrected chi connectivity index (χ1v) is 19.9. The average molecular weight is 820 g/mol. The number of fused-ring (bicyclic) bond motifs is 4. The van der Waals surface area contributed by atoms with Crippen LogP contribution in [0.3, 0.4) is 0 Å². The van der Waals surface area contributed by atoms with Gasteiger partial charge in [-0.15, -0.1) is 9.19 Å². The van der Waals surface area contributed by atoms with Gasteiger partial charge in [0, 0.05) is 46.5 Å². The summed E-state index contributed by atoms with van der Waals surface area (Å²) in [5, 5.41) is 18.7. The number of hydrogen-bond donors (Lipinski definition) is 2. The Morgan fingerprint density at radius 2 is 1.64 bits per heavy atom. The van der Waals surface area contributed by atoms with Crippen LogP contribution in [0.5, 0.6) is 6.01 Å². The van der Waals surface area contributed by atoms with Crippen molar-refractivity contribution in [3.05, 3.63) is 114 Å². The quantitative estimate of drug-likeness (QED) is 0.162. The van der Waals surface area contributed by atoms with Crippen LogP contribution in [-0.4, -0.2) is 91.3 Å². The molecule has 58 heavy (non-hydrogen) atoms. The van der Waals surface area contributed by atoms with Crippen molar-refractivity contribution in [3.8, 4) is 28.7 Å². The third-order valence-electron chi connectivity index (χ3n) is 10.3. The molecule has 2 amide bonds. The zero-order chi connectivity index (χ0) is 40.1. The summed E-state index contributed by atoms with van der Waals surface area (Å²) in [6, 6.07) is 24.3. The summed E-state index contributed by atoms with van der Waals surface area (Å²) in [4.78, 5) is 46.1. The molecule has 0 unspecified atom stereocenters. The number of nitrogens with zero attached hydrogens (tertiary/aromatic N) is 8. The standard InChI is InChI=1S/C40H31ClFN9O6S/c41-31-11-5-9-23-8-4-10-29(33(23)31)35-34(42)36-30(18-43-35)38(49-19-26-14-15-27(20-49)51(26)40(53)54)47-39(46-36)57-21-32(52)45-25-12-16-28(17-13-25)58(55,56)50-22-44-37(48-50)24-6-2-1-3-7-24/h1-13,16-18,22,26-27H,14-15,19-21H2,(H,45,52)(H,53,54)/t26-,27+. The molecule has 4 aromatic carbocycles. The highest BCUT2D eigenvalue weighted by Crippen LogP contribution is 2.39. The van der Waals surface area contributed by atoms with Crippen molar-refractivity contribution < 1.29 is 32.2 Å². The van der Waals surface area contributed by atoms with Crippen molar-refractivity contribution in [2.24, 2.45) is 0 Å². The molecule has 2 bridgehead atoms. The third-order valence-corrected chi connectivity index (χ3v) is 12.1. The number of carbonyl (C=O) groups excluding carboxylic acids is 1. The number of carbonyl (C=O) groups is 2. The lowest BCUT2D eigenvalue weighted by Crippen LogP contribution is -2.55. The molecule has 2 aliphatic rings. The molecule has 292 valence electrons. The minimum atomic E-state index is -4.09. The topological polar surface area (TPSA) is 186 Å². The van der Waals surface area contributed by atoms with Crippen LogP contribution in [0, 0.1) is 5.82 Å². The first-order chi connectivity index (χ1) is 28.0. The fraction of sp³-hybridized carbons (Fsp3) is 0.175. The van der Waals surface area contributed by atoms with E-state index in [0.717, 1.165) is 15.8 Å². The van der Waals surface area contributed by atoms with E-state index in [1.807, 2.05) is 23.1 Å². The van der Waals surface area contributed by atoms with Crippen molar-refractivity contribution in [3.63, 3.8) is 0 Å². The van der Waals surface area contributed by atoms with E-state index in [1.54, 1.807) is 48.5 Å². The van der Waals surface area contributed by atoms with E-state index in [-0.39, 0.29) is 56.9 Å². The van der Waals surface area contributed by atoms with E-state index in [9.17, 15) is 23.1 Å². The minimum absolute atomic E-state index is 0.00113. The predicted molar refractivity (Wildman–Crippen MR) is 213 cm³/mol. The average Bonchev–Trinajstić information content (AvgIpc) is 3.84. The molecule has 5 heterocycles. The van der Waals surface area contributed by atoms with Gasteiger partial charge in [-0.2, -0.15) is 18.4 Å². The molecule has 0 radical (unpaired) electrons. The third kappa shape index (κ3) is 6.67. The summed E-state index contributed by atoms with van der Waals surface area (Å²) in [6.45, 7) is 0.0185. The van der Waals surface area contributed by atoms with Gasteiger partial charge in [0.15, 0.2) is 18.2 Å². The summed E-state index contributed by atoms with van der Waals surface area (Å²) in [6.07, 6.45) is 2.94. The lowest BCUT2D eigenvalue weighted by Gasteiger charge is -2.40. The summed E-state index contributed by atoms with van der Waals surface area (Å²) in [5.41, 5.74) is 1.28. The molecule has 9 rings (SSSR count). The van der Waals surface area contributed by atoms with Gasteiger partial charge >= 0.3 is 12.1 Å². The molecular formula is C40H31ClFN9O6S. The minimum Gasteiger partial charge on any atom is -0.465 e. The van der Waals surface area contributed by atoms with Gasteiger partial charge in [-0.3, -0.25) is 14.7 Å². The number of piperazine rings is 1. The Morgan fingerprint density at radius 3 is 2.36 bits per heavy atom. The Bertz CT molecular complexity index is 2850. The number of nitrogens with one attached hydrogen (secondary N) is 1. The lowest BCUT2D eigenvalue weighted by molar-refractivity contribution is -0.118. The second-order valence-electron chi connectivity index (χ2n) is 13.8. The zero-order valence-electron chi connectivity index (χ0n) is 30.2. The van der Waals surface area contributed by atoms with Gasteiger partial charge in [0.05, 0.1) is 22.4 Å². The molecule has 0 spiro atoms. The van der Waals surface area contributed by atoms with Gasteiger partial charge < -0.3 is 20.1 Å². The van der Waals surface area contributed by atoms with E-state index in [4.69, 9.17) is 16.3 Å². The number of amides is 2. The van der Waals surface area contributed by atoms with Crippen LogP contribution in [0.25, 0.3) is 44.3 Å². The van der Waals surface area contributed by atoms with E-state index in [2.05, 4.69) is 30.4 Å². The van der Waals surface area contributed by atoms with Crippen molar-refractivity contribution in [2.45, 2.75) is 29.8 Å². The molecular weight excluding hydrogens is 789 g/mol. The van der Waals surface area contributed by atoms with E-state index in [1.165, 1.54) is 35.4 Å². The highest BCUT2D eigenvalue weighted by atomic mass is 35.5. The summed E-state index contributed by atoms with van der Waals surface area (Å²) in [7, 11) is -4.09. The van der Waals surface area contributed by atoms with E-state index in [0.29, 0.717) is 47.5 Å². The molecule has 0 saturated carbocycles. The zero-order valence-corrected chi connectivity index (χ0v) is 31.8. The van der Waals surface area contributed by atoms with Gasteiger partial charge in [-0.1, -0.05) is 72.3 Å². The van der Waals surface area contributed by atoms with Crippen LogP contribution in [0.15, 0.2) is 108 Å². The van der Waals surface area contributed by atoms with Gasteiger partial charge in [0.1, 0.15) is 23.4 Å². The van der Waals surface area contributed by atoms with Crippen molar-refractivity contribution in [2.75, 3.05) is 29.9 Å². The Labute approximate surface area is 334 Å². The Hall–Kier alpha value is -6.72. The van der Waals surface area contributed by atoms with Crippen LogP contribution in [0.4, 0.5) is 20.7 Å². The fourth-order valence-electron chi connectivity index (χ4n) is 7.63. The van der Waals surface area contributed by atoms with Crippen molar-refractivity contribution in [1.82, 2.24) is 34.0 Å². The summed E-state index contributed by atoms with van der Waals surface area (Å²) in [5.74, 6) is -0.847. The number of pyridine rings is 1. The molecule has 2 saturated heterocycles. The van der Waals surface area contributed by atoms with Gasteiger partial charge in [0.25, 0.3) is 15.9 Å². The number of benzene rings is 4. The molecule has 2 aliphatic heterocycles. The van der Waals surface area contributed by atoms with Crippen LogP contribution in [0.1, 0.15) is 12.8 Å². The number of ether oxygens (including phenoxy) is 1. The largest absolute Gasteiger partial charge is 0.465 e. The van der Waals surface area contributed by atoms with E-state index >= 15 is 4.39 Å². The Balaban J connectivity index is 0.981. The number of rotatable bonds is 9. The first-order valence-electron chi connectivity index (χ1n) is 18.1. The van der Waals surface area contributed by atoms with Gasteiger partial charge in [0.2, 0.25) is 0 Å². The second-order valence-corrected chi connectivity index (χ2v) is 16.0. The summed E-state index contributed by atoms with van der Waals surface area (Å²) < 4.78 is 49.9. The summed E-state index contributed by atoms with van der Waals surface area (Å²) >= 11 is 6.59. The number of carboxylic acid groups (broad SMARTS) is 1. The highest BCUT2D eigenvalue weighted by Gasteiger charge is 2.43. The van der Waals surface area contributed by atoms with Crippen molar-refractivity contribution in [1.29, 1.82) is 0 Å². The molecule has 2 atom stereocenters. The number of hydrogen-bond acceptors (Lipinski definition) is 11. The predicted octanol–water partition coefficient (Wildman–Crippen LogP) is 6.48. The van der Waals surface area contributed by atoms with E-state index < -0.39 is 34.4 Å². The monoisotopic (exact) mass is 819 g/mol. The molecule has 18 heteroatoms. The second kappa shape index (κ2) is 14.7. The number of halogens is 2. The number of aromatic nitrogens is 6. The normalized spacial score (nSPS) is 16.5.